The average Bonchev–Trinajstić information content (AvgIpc) is 2.61. The Balaban J connectivity index is 1.88. The van der Waals surface area contributed by atoms with Crippen LogP contribution in [0.1, 0.15) is 18.1 Å². The molecule has 1 heterocycles. The van der Waals surface area contributed by atoms with Gasteiger partial charge in [-0.05, 0) is 30.5 Å². The number of halogens is 1. The van der Waals surface area contributed by atoms with E-state index < -0.39 is 4.92 Å². The minimum atomic E-state index is -0.412. The van der Waals surface area contributed by atoms with Crippen LogP contribution in [-0.4, -0.2) is 29.0 Å². The number of benzene rings is 1. The molecule has 0 aliphatic heterocycles. The maximum atomic E-state index is 10.7. The molecule has 2 rings (SSSR count). The van der Waals surface area contributed by atoms with E-state index in [4.69, 9.17) is 11.6 Å². The monoisotopic (exact) mass is 361 g/mol. The van der Waals surface area contributed by atoms with E-state index in [1.807, 2.05) is 13.0 Å². The van der Waals surface area contributed by atoms with E-state index in [1.165, 1.54) is 12.1 Å². The van der Waals surface area contributed by atoms with Crippen molar-refractivity contribution < 1.29 is 4.92 Å². The SMILES string of the molecule is CCNC(=NCc1ccc([N+](=O)[O-])cc1)NCCc1ccc(Cl)nc1. The predicted octanol–water partition coefficient (Wildman–Crippen LogP) is 2.94. The van der Waals surface area contributed by atoms with Crippen molar-refractivity contribution >= 4 is 23.2 Å². The minimum Gasteiger partial charge on any atom is -0.357 e. The Labute approximate surface area is 151 Å². The second kappa shape index (κ2) is 9.58. The van der Waals surface area contributed by atoms with Gasteiger partial charge >= 0.3 is 0 Å². The molecule has 25 heavy (non-hydrogen) atoms. The summed E-state index contributed by atoms with van der Waals surface area (Å²) < 4.78 is 0. The molecule has 0 unspecified atom stereocenters. The number of nitro benzene ring substituents is 1. The van der Waals surface area contributed by atoms with Crippen LogP contribution in [0, 0.1) is 10.1 Å². The quantitative estimate of drug-likeness (QED) is 0.260. The van der Waals surface area contributed by atoms with E-state index >= 15 is 0 Å². The standard InChI is InChI=1S/C17H20ClN5O2/c1-2-19-17(20-10-9-14-5-8-16(18)21-11-14)22-12-13-3-6-15(7-4-13)23(24)25/h3-8,11H,2,9-10,12H2,1H3,(H2,19,20,22). The topological polar surface area (TPSA) is 92.5 Å². The Bertz CT molecular complexity index is 717. The second-order valence-corrected chi connectivity index (χ2v) is 5.67. The Hall–Kier alpha value is -2.67. The van der Waals surface area contributed by atoms with Gasteiger partial charge in [0.1, 0.15) is 5.15 Å². The van der Waals surface area contributed by atoms with Gasteiger partial charge in [-0.15, -0.1) is 0 Å². The number of aromatic nitrogens is 1. The first-order valence-corrected chi connectivity index (χ1v) is 8.32. The van der Waals surface area contributed by atoms with E-state index in [0.29, 0.717) is 24.2 Å². The number of nitro groups is 1. The molecular formula is C17H20ClN5O2. The van der Waals surface area contributed by atoms with E-state index in [9.17, 15) is 10.1 Å². The summed E-state index contributed by atoms with van der Waals surface area (Å²) in [5.74, 6) is 0.697. The van der Waals surface area contributed by atoms with Gasteiger partial charge in [0.2, 0.25) is 0 Å². The summed E-state index contributed by atoms with van der Waals surface area (Å²) in [5.41, 5.74) is 2.07. The highest BCUT2D eigenvalue weighted by atomic mass is 35.5. The van der Waals surface area contributed by atoms with Crippen molar-refractivity contribution in [3.8, 4) is 0 Å². The largest absolute Gasteiger partial charge is 0.357 e. The lowest BCUT2D eigenvalue weighted by atomic mass is 10.2. The number of rotatable bonds is 7. The summed E-state index contributed by atoms with van der Waals surface area (Å²) in [6.07, 6.45) is 2.55. The average molecular weight is 362 g/mol. The maximum absolute atomic E-state index is 10.7. The lowest BCUT2D eigenvalue weighted by Crippen LogP contribution is -2.38. The molecule has 2 N–H and O–H groups in total. The third-order valence-electron chi connectivity index (χ3n) is 3.41. The molecular weight excluding hydrogens is 342 g/mol. The van der Waals surface area contributed by atoms with E-state index in [0.717, 1.165) is 24.1 Å². The van der Waals surface area contributed by atoms with Crippen LogP contribution in [-0.2, 0) is 13.0 Å². The molecule has 0 amide bonds. The van der Waals surface area contributed by atoms with Crippen molar-refractivity contribution in [2.24, 2.45) is 4.99 Å². The highest BCUT2D eigenvalue weighted by molar-refractivity contribution is 6.29. The molecule has 0 saturated heterocycles. The Kier molecular flexibility index (Phi) is 7.16. The first-order valence-electron chi connectivity index (χ1n) is 7.94. The molecule has 0 aliphatic carbocycles. The van der Waals surface area contributed by atoms with Crippen LogP contribution in [0.4, 0.5) is 5.69 Å². The third-order valence-corrected chi connectivity index (χ3v) is 3.63. The Morgan fingerprint density at radius 1 is 1.20 bits per heavy atom. The van der Waals surface area contributed by atoms with Crippen LogP contribution in [0.25, 0.3) is 0 Å². The van der Waals surface area contributed by atoms with Crippen LogP contribution in [0.3, 0.4) is 0 Å². The molecule has 132 valence electrons. The lowest BCUT2D eigenvalue weighted by molar-refractivity contribution is -0.384. The molecule has 1 aromatic carbocycles. The molecule has 0 atom stereocenters. The van der Waals surface area contributed by atoms with Crippen LogP contribution in [0.2, 0.25) is 5.15 Å². The van der Waals surface area contributed by atoms with Gasteiger partial charge in [-0.3, -0.25) is 10.1 Å². The van der Waals surface area contributed by atoms with Gasteiger partial charge in [0.15, 0.2) is 5.96 Å². The van der Waals surface area contributed by atoms with Crippen molar-refractivity contribution in [2.45, 2.75) is 19.9 Å². The fourth-order valence-corrected chi connectivity index (χ4v) is 2.23. The van der Waals surface area contributed by atoms with E-state index in [-0.39, 0.29) is 5.69 Å². The third kappa shape index (κ3) is 6.39. The van der Waals surface area contributed by atoms with Gasteiger partial charge in [0.05, 0.1) is 11.5 Å². The molecule has 0 spiro atoms. The number of nitrogens with zero attached hydrogens (tertiary/aromatic N) is 3. The highest BCUT2D eigenvalue weighted by Crippen LogP contribution is 2.12. The molecule has 0 radical (unpaired) electrons. The van der Waals surface area contributed by atoms with Crippen molar-refractivity contribution in [2.75, 3.05) is 13.1 Å². The van der Waals surface area contributed by atoms with Gasteiger partial charge in [0.25, 0.3) is 5.69 Å². The smallest absolute Gasteiger partial charge is 0.269 e. The summed E-state index contributed by atoms with van der Waals surface area (Å²) >= 11 is 5.77. The zero-order valence-corrected chi connectivity index (χ0v) is 14.7. The van der Waals surface area contributed by atoms with E-state index in [2.05, 4.69) is 20.6 Å². The van der Waals surface area contributed by atoms with E-state index in [1.54, 1.807) is 24.4 Å². The molecule has 0 saturated carbocycles. The Morgan fingerprint density at radius 2 is 1.92 bits per heavy atom. The zero-order valence-electron chi connectivity index (χ0n) is 13.9. The molecule has 2 aromatic rings. The molecule has 0 fully saturated rings. The number of pyridine rings is 1. The van der Waals surface area contributed by atoms with Crippen molar-refractivity contribution in [1.82, 2.24) is 15.6 Å². The number of hydrogen-bond donors (Lipinski definition) is 2. The maximum Gasteiger partial charge on any atom is 0.269 e. The molecule has 0 bridgehead atoms. The summed E-state index contributed by atoms with van der Waals surface area (Å²) in [7, 11) is 0. The van der Waals surface area contributed by atoms with Gasteiger partial charge in [-0.25, -0.2) is 9.98 Å². The summed E-state index contributed by atoms with van der Waals surface area (Å²) in [6, 6.07) is 10.1. The van der Waals surface area contributed by atoms with Crippen LogP contribution >= 0.6 is 11.6 Å². The van der Waals surface area contributed by atoms with Crippen molar-refractivity contribution in [1.29, 1.82) is 0 Å². The molecule has 1 aromatic heterocycles. The fraction of sp³-hybridized carbons (Fsp3) is 0.294. The van der Waals surface area contributed by atoms with Crippen LogP contribution in [0.5, 0.6) is 0 Å². The highest BCUT2D eigenvalue weighted by Gasteiger charge is 2.04. The van der Waals surface area contributed by atoms with Crippen LogP contribution < -0.4 is 10.6 Å². The summed E-state index contributed by atoms with van der Waals surface area (Å²) in [4.78, 5) is 18.8. The van der Waals surface area contributed by atoms with Crippen LogP contribution in [0.15, 0.2) is 47.6 Å². The summed E-state index contributed by atoms with van der Waals surface area (Å²) in [5, 5.41) is 17.6. The number of nitrogens with one attached hydrogen (secondary N) is 2. The minimum absolute atomic E-state index is 0.0781. The fourth-order valence-electron chi connectivity index (χ4n) is 2.11. The molecule has 7 nitrogen and oxygen atoms in total. The lowest BCUT2D eigenvalue weighted by Gasteiger charge is -2.11. The second-order valence-electron chi connectivity index (χ2n) is 5.28. The Morgan fingerprint density at radius 3 is 2.52 bits per heavy atom. The number of aliphatic imine (C=N–C) groups is 1. The molecule has 8 heteroatoms. The number of non-ortho nitro benzene ring substituents is 1. The van der Waals surface area contributed by atoms with Gasteiger partial charge in [-0.1, -0.05) is 29.8 Å². The molecule has 0 aliphatic rings. The van der Waals surface area contributed by atoms with Gasteiger partial charge in [-0.2, -0.15) is 0 Å². The first-order chi connectivity index (χ1) is 12.1. The van der Waals surface area contributed by atoms with Gasteiger partial charge < -0.3 is 10.6 Å². The summed E-state index contributed by atoms with van der Waals surface area (Å²) in [6.45, 7) is 3.88. The van der Waals surface area contributed by atoms with Crippen molar-refractivity contribution in [3.63, 3.8) is 0 Å². The number of hydrogen-bond acceptors (Lipinski definition) is 4. The van der Waals surface area contributed by atoms with Gasteiger partial charge in [0, 0.05) is 31.4 Å². The number of guanidine groups is 1. The normalized spacial score (nSPS) is 11.2. The predicted molar refractivity (Wildman–Crippen MR) is 98.9 cm³/mol. The first kappa shape index (κ1) is 18.7. The van der Waals surface area contributed by atoms with Crippen molar-refractivity contribution in [3.05, 3.63) is 69.0 Å². The zero-order chi connectivity index (χ0) is 18.1.